The van der Waals surface area contributed by atoms with Crippen LogP contribution >= 0.6 is 0 Å². The van der Waals surface area contributed by atoms with Crippen molar-refractivity contribution in [3.8, 4) is 11.1 Å². The van der Waals surface area contributed by atoms with Crippen LogP contribution in [0.2, 0.25) is 0 Å². The van der Waals surface area contributed by atoms with Crippen LogP contribution in [0.5, 0.6) is 0 Å². The average molecular weight is 340 g/mol. The molecular formula is C23H13FO2. The molecule has 0 amide bonds. The lowest BCUT2D eigenvalue weighted by molar-refractivity contribution is 0.628. The highest BCUT2D eigenvalue weighted by atomic mass is 19.1. The first-order chi connectivity index (χ1) is 12.7. The molecule has 5 rings (SSSR count). The maximum absolute atomic E-state index is 13.3. The van der Waals surface area contributed by atoms with E-state index in [2.05, 4.69) is 0 Å². The zero-order valence-electron chi connectivity index (χ0n) is 13.7. The molecule has 2 nitrogen and oxygen atoms in total. The van der Waals surface area contributed by atoms with E-state index in [-0.39, 0.29) is 11.2 Å². The Labute approximate surface area is 148 Å². The third kappa shape index (κ3) is 2.14. The minimum Gasteiger partial charge on any atom is -0.456 e. The summed E-state index contributed by atoms with van der Waals surface area (Å²) in [5, 5.41) is 2.92. The summed E-state index contributed by atoms with van der Waals surface area (Å²) in [6, 6.07) is 23.2. The first kappa shape index (κ1) is 14.8. The van der Waals surface area contributed by atoms with Crippen molar-refractivity contribution >= 4 is 32.7 Å². The fourth-order valence-electron chi connectivity index (χ4n) is 3.53. The molecule has 0 fully saturated rings. The van der Waals surface area contributed by atoms with Gasteiger partial charge in [0, 0.05) is 0 Å². The molecule has 0 saturated carbocycles. The van der Waals surface area contributed by atoms with Gasteiger partial charge in [0.05, 0.1) is 10.8 Å². The molecule has 0 saturated heterocycles. The molecule has 5 aromatic rings. The molecule has 0 atom stereocenters. The molecule has 3 heteroatoms. The van der Waals surface area contributed by atoms with Crippen LogP contribution in [0.4, 0.5) is 4.39 Å². The van der Waals surface area contributed by atoms with Gasteiger partial charge in [0.15, 0.2) is 0 Å². The molecule has 0 aliphatic heterocycles. The SMILES string of the molecule is O=c1c2ccccc2oc2cc(-c3ccc(F)cc3)c3ccccc3c12. The Hall–Kier alpha value is -3.46. The summed E-state index contributed by atoms with van der Waals surface area (Å²) < 4.78 is 19.4. The van der Waals surface area contributed by atoms with Gasteiger partial charge in [-0.1, -0.05) is 48.5 Å². The van der Waals surface area contributed by atoms with Gasteiger partial charge in [0.1, 0.15) is 17.0 Å². The maximum atomic E-state index is 13.3. The van der Waals surface area contributed by atoms with Gasteiger partial charge in [0.25, 0.3) is 0 Å². The van der Waals surface area contributed by atoms with E-state index < -0.39 is 0 Å². The monoisotopic (exact) mass is 340 g/mol. The summed E-state index contributed by atoms with van der Waals surface area (Å²) >= 11 is 0. The number of rotatable bonds is 1. The maximum Gasteiger partial charge on any atom is 0.201 e. The highest BCUT2D eigenvalue weighted by Gasteiger charge is 2.14. The number of hydrogen-bond donors (Lipinski definition) is 0. The van der Waals surface area contributed by atoms with Gasteiger partial charge in [-0.25, -0.2) is 4.39 Å². The quantitative estimate of drug-likeness (QED) is 0.281. The molecule has 0 N–H and O–H groups in total. The Morgan fingerprint density at radius 3 is 2.12 bits per heavy atom. The van der Waals surface area contributed by atoms with Crippen LogP contribution in [0.15, 0.2) is 88.1 Å². The summed E-state index contributed by atoms with van der Waals surface area (Å²) in [6.07, 6.45) is 0. The minimum absolute atomic E-state index is 0.0382. The van der Waals surface area contributed by atoms with Gasteiger partial charge in [0.2, 0.25) is 5.43 Å². The van der Waals surface area contributed by atoms with Crippen molar-refractivity contribution in [1.29, 1.82) is 0 Å². The van der Waals surface area contributed by atoms with Gasteiger partial charge in [-0.15, -0.1) is 0 Å². The van der Waals surface area contributed by atoms with E-state index in [1.807, 2.05) is 42.5 Å². The lowest BCUT2D eigenvalue weighted by Gasteiger charge is -2.11. The number of halogens is 1. The molecule has 0 aliphatic carbocycles. The second-order valence-corrected chi connectivity index (χ2v) is 6.28. The average Bonchev–Trinajstić information content (AvgIpc) is 2.68. The van der Waals surface area contributed by atoms with Crippen LogP contribution in [0.3, 0.4) is 0 Å². The summed E-state index contributed by atoms with van der Waals surface area (Å²) in [7, 11) is 0. The molecular weight excluding hydrogens is 327 g/mol. The van der Waals surface area contributed by atoms with Gasteiger partial charge in [-0.05, 0) is 52.2 Å². The fraction of sp³-hybridized carbons (Fsp3) is 0. The largest absolute Gasteiger partial charge is 0.456 e. The summed E-state index contributed by atoms with van der Waals surface area (Å²) in [6.45, 7) is 0. The lowest BCUT2D eigenvalue weighted by Crippen LogP contribution is -2.03. The molecule has 0 bridgehead atoms. The van der Waals surface area contributed by atoms with Crippen LogP contribution in [0, 0.1) is 5.82 Å². The second-order valence-electron chi connectivity index (χ2n) is 6.28. The van der Waals surface area contributed by atoms with E-state index in [4.69, 9.17) is 4.42 Å². The van der Waals surface area contributed by atoms with Crippen LogP contribution in [0.1, 0.15) is 0 Å². The van der Waals surface area contributed by atoms with Crippen molar-refractivity contribution in [3.05, 3.63) is 94.9 Å². The van der Waals surface area contributed by atoms with Crippen molar-refractivity contribution < 1.29 is 8.81 Å². The van der Waals surface area contributed by atoms with Crippen molar-refractivity contribution in [2.24, 2.45) is 0 Å². The molecule has 0 unspecified atom stereocenters. The van der Waals surface area contributed by atoms with E-state index in [1.165, 1.54) is 12.1 Å². The Morgan fingerprint density at radius 2 is 1.35 bits per heavy atom. The molecule has 0 aliphatic rings. The fourth-order valence-corrected chi connectivity index (χ4v) is 3.53. The first-order valence-corrected chi connectivity index (χ1v) is 8.35. The van der Waals surface area contributed by atoms with Crippen molar-refractivity contribution in [2.75, 3.05) is 0 Å². The summed E-state index contributed by atoms with van der Waals surface area (Å²) in [4.78, 5) is 13.1. The lowest BCUT2D eigenvalue weighted by atomic mass is 9.95. The topological polar surface area (TPSA) is 30.2 Å². The number of para-hydroxylation sites is 1. The third-order valence-corrected chi connectivity index (χ3v) is 4.74. The third-order valence-electron chi connectivity index (χ3n) is 4.74. The van der Waals surface area contributed by atoms with Gasteiger partial charge < -0.3 is 4.42 Å². The Balaban J connectivity index is 1.99. The first-order valence-electron chi connectivity index (χ1n) is 8.35. The molecule has 0 radical (unpaired) electrons. The predicted molar refractivity (Wildman–Crippen MR) is 103 cm³/mol. The number of hydrogen-bond acceptors (Lipinski definition) is 2. The van der Waals surface area contributed by atoms with Crippen molar-refractivity contribution in [3.63, 3.8) is 0 Å². The second kappa shape index (κ2) is 5.53. The van der Waals surface area contributed by atoms with E-state index in [0.29, 0.717) is 21.9 Å². The summed E-state index contributed by atoms with van der Waals surface area (Å²) in [5.74, 6) is -0.281. The highest BCUT2D eigenvalue weighted by Crippen LogP contribution is 2.34. The Morgan fingerprint density at radius 1 is 0.692 bits per heavy atom. The summed E-state index contributed by atoms with van der Waals surface area (Å²) in [5.41, 5.74) is 2.84. The zero-order chi connectivity index (χ0) is 17.7. The zero-order valence-corrected chi connectivity index (χ0v) is 13.7. The molecule has 26 heavy (non-hydrogen) atoms. The Kier molecular flexibility index (Phi) is 3.16. The number of benzene rings is 4. The smallest absolute Gasteiger partial charge is 0.201 e. The van der Waals surface area contributed by atoms with E-state index in [1.54, 1.807) is 24.3 Å². The molecule has 1 aromatic heterocycles. The molecule has 4 aromatic carbocycles. The van der Waals surface area contributed by atoms with E-state index in [9.17, 15) is 9.18 Å². The predicted octanol–water partition coefficient (Wildman–Crippen LogP) is 5.91. The van der Waals surface area contributed by atoms with Crippen LogP contribution in [-0.4, -0.2) is 0 Å². The minimum atomic E-state index is -0.281. The normalized spacial score (nSPS) is 11.4. The van der Waals surface area contributed by atoms with Crippen LogP contribution < -0.4 is 5.43 Å². The Bertz CT molecular complexity index is 1350. The van der Waals surface area contributed by atoms with Gasteiger partial charge in [-0.3, -0.25) is 4.79 Å². The van der Waals surface area contributed by atoms with E-state index >= 15 is 0 Å². The molecule has 0 spiro atoms. The van der Waals surface area contributed by atoms with Crippen molar-refractivity contribution in [2.45, 2.75) is 0 Å². The van der Waals surface area contributed by atoms with Crippen LogP contribution in [0.25, 0.3) is 43.8 Å². The van der Waals surface area contributed by atoms with Crippen LogP contribution in [-0.2, 0) is 0 Å². The van der Waals surface area contributed by atoms with E-state index in [0.717, 1.165) is 21.9 Å². The number of fused-ring (bicyclic) bond motifs is 4. The standard InChI is InChI=1S/C23H13FO2/c24-15-11-9-14(10-12-15)19-13-21-22(17-6-2-1-5-16(17)19)23(25)18-7-3-4-8-20(18)26-21/h1-13H. The van der Waals surface area contributed by atoms with Gasteiger partial charge in [-0.2, -0.15) is 0 Å². The van der Waals surface area contributed by atoms with Gasteiger partial charge >= 0.3 is 0 Å². The molecule has 124 valence electrons. The highest BCUT2D eigenvalue weighted by molar-refractivity contribution is 6.13. The molecule has 1 heterocycles. The van der Waals surface area contributed by atoms with Crippen molar-refractivity contribution in [1.82, 2.24) is 0 Å².